The van der Waals surface area contributed by atoms with Crippen LogP contribution >= 0.6 is 0 Å². The molecule has 2 aromatic carbocycles. The predicted molar refractivity (Wildman–Crippen MR) is 78.7 cm³/mol. The van der Waals surface area contributed by atoms with Gasteiger partial charge in [-0.2, -0.15) is 5.26 Å². The van der Waals surface area contributed by atoms with Gasteiger partial charge in [0.2, 0.25) is 0 Å². The minimum atomic E-state index is 0.0265. The lowest BCUT2D eigenvalue weighted by Gasteiger charge is -2.11. The smallest absolute Gasteiger partial charge is 0.171 e. The van der Waals surface area contributed by atoms with Crippen molar-refractivity contribution >= 4 is 0 Å². The first-order valence-electron chi connectivity index (χ1n) is 6.41. The molecule has 0 atom stereocenters. The third-order valence-corrected chi connectivity index (χ3v) is 3.07. The number of rotatable bonds is 3. The highest BCUT2D eigenvalue weighted by molar-refractivity contribution is 5.52. The predicted octanol–water partition coefficient (Wildman–Crippen LogP) is 3.85. The van der Waals surface area contributed by atoms with E-state index in [1.54, 1.807) is 42.5 Å². The summed E-state index contributed by atoms with van der Waals surface area (Å²) in [5, 5.41) is 19.0. The maximum Gasteiger partial charge on any atom is 0.171 e. The van der Waals surface area contributed by atoms with Gasteiger partial charge in [0.25, 0.3) is 0 Å². The maximum absolute atomic E-state index is 9.94. The van der Waals surface area contributed by atoms with Crippen molar-refractivity contribution in [3.63, 3.8) is 0 Å². The molecule has 0 radical (unpaired) electrons. The Morgan fingerprint density at radius 3 is 2.48 bits per heavy atom. The summed E-state index contributed by atoms with van der Waals surface area (Å²) >= 11 is 0. The van der Waals surface area contributed by atoms with Crippen LogP contribution in [0.1, 0.15) is 5.56 Å². The van der Waals surface area contributed by atoms with Crippen LogP contribution in [0, 0.1) is 11.3 Å². The van der Waals surface area contributed by atoms with E-state index in [1.807, 2.05) is 29.1 Å². The lowest BCUT2D eigenvalue weighted by atomic mass is 10.2. The van der Waals surface area contributed by atoms with Gasteiger partial charge in [-0.3, -0.25) is 0 Å². The molecule has 0 aliphatic carbocycles. The van der Waals surface area contributed by atoms with E-state index in [-0.39, 0.29) is 5.75 Å². The molecule has 3 rings (SSSR count). The number of nitriles is 1. The fourth-order valence-corrected chi connectivity index (χ4v) is 2.02. The Morgan fingerprint density at radius 1 is 0.952 bits per heavy atom. The van der Waals surface area contributed by atoms with Crippen molar-refractivity contribution in [3.8, 4) is 29.0 Å². The van der Waals surface area contributed by atoms with Gasteiger partial charge < -0.3 is 14.4 Å². The van der Waals surface area contributed by atoms with E-state index in [4.69, 9.17) is 10.00 Å². The second kappa shape index (κ2) is 5.43. The normalized spacial score (nSPS) is 10.0. The Balaban J connectivity index is 1.99. The second-order valence-electron chi connectivity index (χ2n) is 4.45. The fourth-order valence-electron chi connectivity index (χ4n) is 2.02. The summed E-state index contributed by atoms with van der Waals surface area (Å²) in [6, 6.07) is 17.9. The molecule has 1 N–H and O–H groups in total. The first-order valence-corrected chi connectivity index (χ1v) is 6.41. The Labute approximate surface area is 122 Å². The summed E-state index contributed by atoms with van der Waals surface area (Å²) in [4.78, 5) is 0. The number of benzene rings is 2. The van der Waals surface area contributed by atoms with Crippen molar-refractivity contribution in [3.05, 3.63) is 72.6 Å². The molecule has 0 aliphatic heterocycles. The molecule has 0 bridgehead atoms. The van der Waals surface area contributed by atoms with Crippen molar-refractivity contribution in [2.75, 3.05) is 0 Å². The van der Waals surface area contributed by atoms with Crippen LogP contribution in [-0.2, 0) is 0 Å². The lowest BCUT2D eigenvalue weighted by molar-refractivity contribution is 0.410. The van der Waals surface area contributed by atoms with Crippen LogP contribution in [0.2, 0.25) is 0 Å². The molecule has 0 spiro atoms. The summed E-state index contributed by atoms with van der Waals surface area (Å²) in [6.07, 6.45) is 3.80. The van der Waals surface area contributed by atoms with Gasteiger partial charge in [0.1, 0.15) is 11.8 Å². The number of phenols is 1. The molecule has 1 heterocycles. The standard InChI is InChI=1S/C17H12N2O2/c18-12-13-5-1-2-6-16(13)21-17-11-14(7-8-15(17)20)19-9-3-4-10-19/h1-11,20H. The van der Waals surface area contributed by atoms with E-state index in [0.717, 1.165) is 5.69 Å². The summed E-state index contributed by atoms with van der Waals surface area (Å²) in [5.74, 6) is 0.752. The minimum absolute atomic E-state index is 0.0265. The van der Waals surface area contributed by atoms with Crippen LogP contribution in [0.3, 0.4) is 0 Å². The Bertz CT molecular complexity index is 802. The first-order chi connectivity index (χ1) is 10.3. The number of hydrogen-bond donors (Lipinski definition) is 1. The summed E-state index contributed by atoms with van der Waals surface area (Å²) in [7, 11) is 0. The molecule has 21 heavy (non-hydrogen) atoms. The number of hydrogen-bond acceptors (Lipinski definition) is 3. The van der Waals surface area contributed by atoms with E-state index in [1.165, 1.54) is 0 Å². The largest absolute Gasteiger partial charge is 0.504 e. The zero-order valence-corrected chi connectivity index (χ0v) is 11.1. The highest BCUT2D eigenvalue weighted by Gasteiger charge is 2.09. The molecule has 4 nitrogen and oxygen atoms in total. The Morgan fingerprint density at radius 2 is 1.71 bits per heavy atom. The van der Waals surface area contributed by atoms with Crippen molar-refractivity contribution in [2.45, 2.75) is 0 Å². The molecule has 0 aliphatic rings. The van der Waals surface area contributed by atoms with Gasteiger partial charge in [0.05, 0.1) is 5.56 Å². The zero-order chi connectivity index (χ0) is 14.7. The van der Waals surface area contributed by atoms with Gasteiger partial charge in [-0.15, -0.1) is 0 Å². The molecule has 0 amide bonds. The van der Waals surface area contributed by atoms with Crippen molar-refractivity contribution in [1.29, 1.82) is 5.26 Å². The SMILES string of the molecule is N#Cc1ccccc1Oc1cc(-n2cccc2)ccc1O. The maximum atomic E-state index is 9.94. The average Bonchev–Trinajstić information content (AvgIpc) is 3.04. The first kappa shape index (κ1) is 12.8. The lowest BCUT2D eigenvalue weighted by Crippen LogP contribution is -1.93. The monoisotopic (exact) mass is 276 g/mol. The van der Waals surface area contributed by atoms with Crippen LogP contribution in [-0.4, -0.2) is 9.67 Å². The highest BCUT2D eigenvalue weighted by Crippen LogP contribution is 2.33. The van der Waals surface area contributed by atoms with Crippen LogP contribution < -0.4 is 4.74 Å². The van der Waals surface area contributed by atoms with E-state index < -0.39 is 0 Å². The Hall–Kier alpha value is -3.19. The van der Waals surface area contributed by atoms with Gasteiger partial charge in [-0.1, -0.05) is 12.1 Å². The van der Waals surface area contributed by atoms with Gasteiger partial charge in [-0.05, 0) is 36.4 Å². The van der Waals surface area contributed by atoms with Crippen LogP contribution in [0.5, 0.6) is 17.2 Å². The van der Waals surface area contributed by atoms with Crippen LogP contribution in [0.25, 0.3) is 5.69 Å². The highest BCUT2D eigenvalue weighted by atomic mass is 16.5. The van der Waals surface area contributed by atoms with Gasteiger partial charge in [0.15, 0.2) is 11.5 Å². The van der Waals surface area contributed by atoms with E-state index >= 15 is 0 Å². The molecule has 0 unspecified atom stereocenters. The fraction of sp³-hybridized carbons (Fsp3) is 0. The van der Waals surface area contributed by atoms with Gasteiger partial charge in [0, 0.05) is 24.1 Å². The molecule has 4 heteroatoms. The number of aromatic nitrogens is 1. The quantitative estimate of drug-likeness (QED) is 0.790. The summed E-state index contributed by atoms with van der Waals surface area (Å²) in [6.45, 7) is 0. The third-order valence-electron chi connectivity index (χ3n) is 3.07. The van der Waals surface area contributed by atoms with Crippen LogP contribution in [0.4, 0.5) is 0 Å². The van der Waals surface area contributed by atoms with Crippen LogP contribution in [0.15, 0.2) is 67.0 Å². The molecule has 1 aromatic heterocycles. The molecular weight excluding hydrogens is 264 g/mol. The molecule has 0 saturated heterocycles. The second-order valence-corrected chi connectivity index (χ2v) is 4.45. The number of phenolic OH excluding ortho intramolecular Hbond substituents is 1. The van der Waals surface area contributed by atoms with Crippen molar-refractivity contribution in [1.82, 2.24) is 4.57 Å². The number of nitrogens with zero attached hydrogens (tertiary/aromatic N) is 2. The average molecular weight is 276 g/mol. The molecule has 0 fully saturated rings. The van der Waals surface area contributed by atoms with Crippen molar-refractivity contribution in [2.24, 2.45) is 0 Å². The zero-order valence-electron chi connectivity index (χ0n) is 11.1. The topological polar surface area (TPSA) is 58.2 Å². The Kier molecular flexibility index (Phi) is 3.32. The van der Waals surface area contributed by atoms with Gasteiger partial charge >= 0.3 is 0 Å². The molecule has 0 saturated carbocycles. The summed E-state index contributed by atoms with van der Waals surface area (Å²) < 4.78 is 7.59. The molecular formula is C17H12N2O2. The van der Waals surface area contributed by atoms with E-state index in [0.29, 0.717) is 17.1 Å². The third kappa shape index (κ3) is 2.58. The molecule has 3 aromatic rings. The number of aromatic hydroxyl groups is 1. The van der Waals surface area contributed by atoms with Crippen molar-refractivity contribution < 1.29 is 9.84 Å². The number of para-hydroxylation sites is 1. The van der Waals surface area contributed by atoms with E-state index in [2.05, 4.69) is 6.07 Å². The van der Waals surface area contributed by atoms with E-state index in [9.17, 15) is 5.11 Å². The van der Waals surface area contributed by atoms with Gasteiger partial charge in [-0.25, -0.2) is 0 Å². The molecule has 102 valence electrons. The minimum Gasteiger partial charge on any atom is -0.504 e. The summed E-state index contributed by atoms with van der Waals surface area (Å²) in [5.41, 5.74) is 1.28. The number of ether oxygens (including phenoxy) is 1.